The van der Waals surface area contributed by atoms with Crippen molar-refractivity contribution in [1.29, 1.82) is 0 Å². The molecular formula is C20H29IO2. The molecule has 3 rings (SSSR count). The summed E-state index contributed by atoms with van der Waals surface area (Å²) in [5, 5.41) is 0. The van der Waals surface area contributed by atoms with E-state index in [-0.39, 0.29) is 0 Å². The van der Waals surface area contributed by atoms with Gasteiger partial charge in [0.25, 0.3) is 0 Å². The zero-order valence-electron chi connectivity index (χ0n) is 14.0. The van der Waals surface area contributed by atoms with Crippen LogP contribution >= 0.6 is 22.6 Å². The van der Waals surface area contributed by atoms with Crippen LogP contribution < -0.4 is 0 Å². The fourth-order valence-corrected chi connectivity index (χ4v) is 5.03. The highest BCUT2D eigenvalue weighted by molar-refractivity contribution is 14.1. The molecule has 1 saturated heterocycles. The fourth-order valence-electron chi connectivity index (χ4n) is 3.97. The van der Waals surface area contributed by atoms with Gasteiger partial charge in [-0.05, 0) is 43.6 Å². The highest BCUT2D eigenvalue weighted by Crippen LogP contribution is 2.36. The lowest BCUT2D eigenvalue weighted by Crippen LogP contribution is -2.39. The van der Waals surface area contributed by atoms with Crippen molar-refractivity contribution < 1.29 is 9.47 Å². The Morgan fingerprint density at radius 2 is 1.83 bits per heavy atom. The normalized spacial score (nSPS) is 29.5. The van der Waals surface area contributed by atoms with Crippen molar-refractivity contribution in [3.63, 3.8) is 0 Å². The van der Waals surface area contributed by atoms with E-state index in [4.69, 9.17) is 9.47 Å². The minimum absolute atomic E-state index is 0.397. The Morgan fingerprint density at radius 3 is 2.61 bits per heavy atom. The fraction of sp³-hybridized carbons (Fsp3) is 0.700. The summed E-state index contributed by atoms with van der Waals surface area (Å²) in [5.74, 6) is 0.814. The highest BCUT2D eigenvalue weighted by Gasteiger charge is 2.33. The first-order valence-corrected chi connectivity index (χ1v) is 10.5. The number of ether oxygens (including phenoxy) is 2. The molecule has 1 aliphatic heterocycles. The topological polar surface area (TPSA) is 18.5 Å². The lowest BCUT2D eigenvalue weighted by Gasteiger charge is -2.39. The van der Waals surface area contributed by atoms with Crippen molar-refractivity contribution in [3.8, 4) is 0 Å². The molecule has 0 bridgehead atoms. The molecule has 2 nitrogen and oxygen atoms in total. The molecule has 1 aliphatic carbocycles. The van der Waals surface area contributed by atoms with Crippen molar-refractivity contribution in [1.82, 2.24) is 0 Å². The van der Waals surface area contributed by atoms with Crippen LogP contribution in [0.5, 0.6) is 0 Å². The van der Waals surface area contributed by atoms with E-state index in [1.807, 2.05) is 6.07 Å². The van der Waals surface area contributed by atoms with Gasteiger partial charge in [0, 0.05) is 10.5 Å². The number of hydrogen-bond donors (Lipinski definition) is 0. The second kappa shape index (κ2) is 9.38. The van der Waals surface area contributed by atoms with Crippen LogP contribution in [0.25, 0.3) is 0 Å². The lowest BCUT2D eigenvalue weighted by molar-refractivity contribution is -0.0899. The van der Waals surface area contributed by atoms with Crippen LogP contribution in [0, 0.1) is 5.92 Å². The highest BCUT2D eigenvalue weighted by atomic mass is 127. The standard InChI is InChI=1S/C20H29IO2/c21-18-13-19(11-12-22-15-16-7-3-1-4-8-16)23-20(14-18)17-9-5-2-6-10-17/h1,3-4,7-8,17-20H,2,5-6,9-15H2/t18-,19?,20+/m0/s1. The number of halogens is 1. The van der Waals surface area contributed by atoms with Gasteiger partial charge in [0.05, 0.1) is 18.8 Å². The molecule has 2 aliphatic rings. The summed E-state index contributed by atoms with van der Waals surface area (Å²) >= 11 is 2.63. The Labute approximate surface area is 154 Å². The SMILES string of the molecule is I[C@H]1CC(CCOCc2ccccc2)O[C@@H](C2CCCCC2)C1. The van der Waals surface area contributed by atoms with Gasteiger partial charge in [-0.2, -0.15) is 0 Å². The molecule has 1 saturated carbocycles. The van der Waals surface area contributed by atoms with Crippen molar-refractivity contribution in [2.45, 2.75) is 74.1 Å². The van der Waals surface area contributed by atoms with Gasteiger partial charge in [-0.15, -0.1) is 0 Å². The van der Waals surface area contributed by atoms with Gasteiger partial charge in [-0.25, -0.2) is 0 Å². The smallest absolute Gasteiger partial charge is 0.0716 e. The van der Waals surface area contributed by atoms with Crippen molar-refractivity contribution in [2.75, 3.05) is 6.61 Å². The van der Waals surface area contributed by atoms with E-state index in [1.54, 1.807) is 0 Å². The molecule has 1 aromatic rings. The largest absolute Gasteiger partial charge is 0.377 e. The quantitative estimate of drug-likeness (QED) is 0.337. The van der Waals surface area contributed by atoms with Gasteiger partial charge < -0.3 is 9.47 Å². The maximum atomic E-state index is 6.46. The van der Waals surface area contributed by atoms with Gasteiger partial charge >= 0.3 is 0 Å². The number of alkyl halides is 1. The molecular weight excluding hydrogens is 399 g/mol. The van der Waals surface area contributed by atoms with E-state index in [0.717, 1.165) is 22.9 Å². The van der Waals surface area contributed by atoms with Crippen LogP contribution in [-0.2, 0) is 16.1 Å². The van der Waals surface area contributed by atoms with Gasteiger partial charge in [0.1, 0.15) is 0 Å². The van der Waals surface area contributed by atoms with E-state index in [9.17, 15) is 0 Å². The second-order valence-corrected chi connectivity index (χ2v) is 8.85. The lowest BCUT2D eigenvalue weighted by atomic mass is 9.82. The Balaban J connectivity index is 1.40. The van der Waals surface area contributed by atoms with Crippen LogP contribution in [0.4, 0.5) is 0 Å². The van der Waals surface area contributed by atoms with Crippen LogP contribution in [0.1, 0.15) is 56.9 Å². The van der Waals surface area contributed by atoms with Crippen LogP contribution in [0.2, 0.25) is 0 Å². The minimum atomic E-state index is 0.397. The zero-order chi connectivity index (χ0) is 15.9. The predicted molar refractivity (Wildman–Crippen MR) is 103 cm³/mol. The monoisotopic (exact) mass is 428 g/mol. The molecule has 0 N–H and O–H groups in total. The molecule has 0 aromatic heterocycles. The van der Waals surface area contributed by atoms with E-state index in [1.165, 1.54) is 50.5 Å². The Bertz CT molecular complexity index is 444. The number of rotatable bonds is 6. The molecule has 128 valence electrons. The molecule has 1 heterocycles. The van der Waals surface area contributed by atoms with Crippen molar-refractivity contribution in [3.05, 3.63) is 35.9 Å². The summed E-state index contributed by atoms with van der Waals surface area (Å²) in [6, 6.07) is 10.4. The van der Waals surface area contributed by atoms with E-state index >= 15 is 0 Å². The summed E-state index contributed by atoms with van der Waals surface area (Å²) in [5.41, 5.74) is 1.25. The van der Waals surface area contributed by atoms with Crippen LogP contribution in [-0.4, -0.2) is 22.7 Å². The molecule has 0 spiro atoms. The first kappa shape index (κ1) is 17.7. The average molecular weight is 428 g/mol. The third kappa shape index (κ3) is 5.71. The molecule has 3 atom stereocenters. The summed E-state index contributed by atoms with van der Waals surface area (Å²) in [6.45, 7) is 1.52. The summed E-state index contributed by atoms with van der Waals surface area (Å²) in [6.07, 6.45) is 11.4. The van der Waals surface area contributed by atoms with Crippen molar-refractivity contribution in [2.24, 2.45) is 5.92 Å². The zero-order valence-corrected chi connectivity index (χ0v) is 16.1. The molecule has 0 radical (unpaired) electrons. The number of benzene rings is 1. The molecule has 1 aromatic carbocycles. The Kier molecular flexibility index (Phi) is 7.21. The maximum Gasteiger partial charge on any atom is 0.0716 e. The molecule has 0 amide bonds. The van der Waals surface area contributed by atoms with Gasteiger partial charge in [0.2, 0.25) is 0 Å². The average Bonchev–Trinajstić information content (AvgIpc) is 2.60. The van der Waals surface area contributed by atoms with Crippen LogP contribution in [0.3, 0.4) is 0 Å². The van der Waals surface area contributed by atoms with Gasteiger partial charge in [-0.1, -0.05) is 72.2 Å². The third-order valence-electron chi connectivity index (χ3n) is 5.25. The van der Waals surface area contributed by atoms with E-state index in [0.29, 0.717) is 18.8 Å². The summed E-state index contributed by atoms with van der Waals surface area (Å²) in [7, 11) is 0. The predicted octanol–water partition coefficient (Wildman–Crippen LogP) is 5.52. The van der Waals surface area contributed by atoms with E-state index < -0.39 is 0 Å². The van der Waals surface area contributed by atoms with Crippen LogP contribution in [0.15, 0.2) is 30.3 Å². The molecule has 23 heavy (non-hydrogen) atoms. The Morgan fingerprint density at radius 1 is 1.04 bits per heavy atom. The molecule has 1 unspecified atom stereocenters. The summed E-state index contributed by atoms with van der Waals surface area (Å²) < 4.78 is 13.1. The summed E-state index contributed by atoms with van der Waals surface area (Å²) in [4.78, 5) is 0. The molecule has 3 heteroatoms. The van der Waals surface area contributed by atoms with Gasteiger partial charge in [-0.3, -0.25) is 0 Å². The van der Waals surface area contributed by atoms with E-state index in [2.05, 4.69) is 46.9 Å². The van der Waals surface area contributed by atoms with Crippen molar-refractivity contribution >= 4 is 22.6 Å². The molecule has 2 fully saturated rings. The first-order valence-electron chi connectivity index (χ1n) is 9.22. The third-order valence-corrected chi connectivity index (χ3v) is 6.26. The second-order valence-electron chi connectivity index (χ2n) is 7.09. The maximum absolute atomic E-state index is 6.46. The van der Waals surface area contributed by atoms with Gasteiger partial charge in [0.15, 0.2) is 0 Å². The minimum Gasteiger partial charge on any atom is -0.377 e. The number of hydrogen-bond acceptors (Lipinski definition) is 2. The Hall–Kier alpha value is -0.130. The first-order chi connectivity index (χ1) is 11.3.